The van der Waals surface area contributed by atoms with Gasteiger partial charge >= 0.3 is 11.9 Å². The van der Waals surface area contributed by atoms with Crippen LogP contribution in [-0.4, -0.2) is 114 Å². The second-order valence-electron chi connectivity index (χ2n) is 25.8. The van der Waals surface area contributed by atoms with Gasteiger partial charge in [-0.05, 0) is 226 Å². The van der Waals surface area contributed by atoms with Gasteiger partial charge in [0, 0.05) is 60.5 Å². The summed E-state index contributed by atoms with van der Waals surface area (Å²) in [6.07, 6.45) is 15.0. The fourth-order valence-corrected chi connectivity index (χ4v) is 15.7. The number of carboxylic acids is 2. The van der Waals surface area contributed by atoms with Gasteiger partial charge in [-0.3, -0.25) is 29.6 Å². The molecule has 20 heteroatoms. The summed E-state index contributed by atoms with van der Waals surface area (Å²) in [7, 11) is 0. The van der Waals surface area contributed by atoms with Crippen molar-refractivity contribution >= 4 is 86.4 Å². The molecule has 8 atom stereocenters. The fourth-order valence-electron chi connectivity index (χ4n) is 15.7. The van der Waals surface area contributed by atoms with E-state index in [1.807, 2.05) is 52.0 Å². The van der Waals surface area contributed by atoms with Gasteiger partial charge < -0.3 is 20.0 Å². The minimum atomic E-state index is -0.983. The van der Waals surface area contributed by atoms with Crippen LogP contribution in [0.15, 0.2) is 48.5 Å². The Balaban J connectivity index is 0.000000411. The van der Waals surface area contributed by atoms with Crippen molar-refractivity contribution in [1.29, 1.82) is 0 Å². The molecular weight excluding hydrogens is 1200 g/mol. The monoisotopic (exact) mass is 1290 g/mol. The first kappa shape index (κ1) is 75.5. The van der Waals surface area contributed by atoms with Crippen LogP contribution in [0.2, 0.25) is 0 Å². The molecule has 4 aliphatic carbocycles. The number of piperidine rings is 2. The number of aliphatic carboxylic acids is 2. The average molecular weight is 1300 g/mol. The Morgan fingerprint density at radius 2 is 0.929 bits per heavy atom. The lowest BCUT2D eigenvalue weighted by molar-refractivity contribution is -0.147. The summed E-state index contributed by atoms with van der Waals surface area (Å²) in [6.45, 7) is 28.4. The first-order chi connectivity index (χ1) is 37.2. The Hall–Kier alpha value is -2.76. The van der Waals surface area contributed by atoms with Crippen molar-refractivity contribution in [3.05, 3.63) is 105 Å². The topological polar surface area (TPSA) is 141 Å². The van der Waals surface area contributed by atoms with E-state index in [0.717, 1.165) is 141 Å². The van der Waals surface area contributed by atoms with Gasteiger partial charge in [-0.25, -0.2) is 8.78 Å². The lowest BCUT2D eigenvalue weighted by Gasteiger charge is -2.41. The number of hydrogen-bond acceptors (Lipinski definition) is 8. The minimum absolute atomic E-state index is 0. The van der Waals surface area contributed by atoms with E-state index >= 15 is 0 Å². The van der Waals surface area contributed by atoms with Gasteiger partial charge in [0.25, 0.3) is 0 Å². The second-order valence-corrected chi connectivity index (χ2v) is 25.8. The molecular formula is C64H100Cl6F2N8O4. The van der Waals surface area contributed by atoms with E-state index in [4.69, 9.17) is 10.2 Å². The third-order valence-electron chi connectivity index (χ3n) is 21.0. The van der Waals surface area contributed by atoms with E-state index in [9.17, 15) is 28.6 Å². The number of aryl methyl sites for hydroxylation is 4. The molecule has 84 heavy (non-hydrogen) atoms. The maximum Gasteiger partial charge on any atom is 0.323 e. The normalized spacial score (nSPS) is 24.4. The van der Waals surface area contributed by atoms with Crippen molar-refractivity contribution in [2.24, 2.45) is 23.7 Å². The van der Waals surface area contributed by atoms with E-state index in [1.54, 1.807) is 26.0 Å². The highest BCUT2D eigenvalue weighted by Crippen LogP contribution is 2.51. The number of fused-ring (bicyclic) bond motifs is 4. The molecule has 2 aromatic carbocycles. The minimum Gasteiger partial charge on any atom is -0.480 e. The Morgan fingerprint density at radius 1 is 0.583 bits per heavy atom. The standard InChI is InChI=1S/2C32H47FN4O2.6ClH/c2*1-6-28-26-11-12-32(29(26)37(7-2)35-28)13-15-36(16-14-32)20-23-18-25(34-31(5,21(3)4)30(38)39)19-27(23)22-9-8-10-24(33)17-22;;;;;;/h2*8-10,17,21,23,25,27,34H,6-7,11-16,18-20H2,1-5H3,(H,38,39);6*1H/t23-,25+,27-,31?;23-,25-,27-,31?;;;;;;/m11....../s1. The zero-order valence-electron chi connectivity index (χ0n) is 51.4. The molecule has 0 bridgehead atoms. The number of aromatic nitrogens is 4. The van der Waals surface area contributed by atoms with Crippen molar-refractivity contribution in [2.75, 3.05) is 39.3 Å². The third kappa shape index (κ3) is 15.1. The molecule has 4 aromatic rings. The van der Waals surface area contributed by atoms with Crippen LogP contribution in [-0.2, 0) is 59.2 Å². The smallest absolute Gasteiger partial charge is 0.323 e. The molecule has 4 heterocycles. The molecule has 4 N–H and O–H groups in total. The SMILES string of the molecule is CCc1nn(CC)c2c1CCC21CCN(C[C@H]2C[C@@H](NC(C)(C(=O)O)C(C)C)C[C@@H]2c2cccc(F)c2)CC1.CCc1nn(CC)c2c1CCC21CCN(C[C@H]2C[C@H](NC(C)(C(=O)O)C(C)C)C[C@@H]2c2cccc(F)c2)CC1.Cl.Cl.Cl.Cl.Cl.Cl. The first-order valence-corrected chi connectivity index (χ1v) is 30.4. The molecule has 6 aliphatic rings. The predicted molar refractivity (Wildman–Crippen MR) is 349 cm³/mol. The van der Waals surface area contributed by atoms with E-state index in [2.05, 4.69) is 57.5 Å². The van der Waals surface area contributed by atoms with Crippen LogP contribution in [0.1, 0.15) is 190 Å². The van der Waals surface area contributed by atoms with E-state index in [0.29, 0.717) is 11.8 Å². The number of nitrogens with one attached hydrogen (secondary N) is 2. The number of rotatable bonds is 18. The number of nitrogens with zero attached hydrogens (tertiary/aromatic N) is 6. The quantitative estimate of drug-likeness (QED) is 0.0761. The van der Waals surface area contributed by atoms with Crippen molar-refractivity contribution in [3.63, 3.8) is 0 Å². The summed E-state index contributed by atoms with van der Waals surface area (Å²) >= 11 is 0. The van der Waals surface area contributed by atoms with Gasteiger partial charge in [0.2, 0.25) is 0 Å². The summed E-state index contributed by atoms with van der Waals surface area (Å²) in [5.41, 5.74) is 9.30. The van der Waals surface area contributed by atoms with Crippen molar-refractivity contribution in [3.8, 4) is 0 Å². The van der Waals surface area contributed by atoms with Crippen LogP contribution < -0.4 is 10.6 Å². The summed E-state index contributed by atoms with van der Waals surface area (Å²) in [6, 6.07) is 14.3. The molecule has 12 nitrogen and oxygen atoms in total. The molecule has 2 spiro atoms. The molecule has 2 saturated heterocycles. The van der Waals surface area contributed by atoms with E-state index in [1.165, 1.54) is 58.9 Å². The molecule has 2 aliphatic heterocycles. The molecule has 4 fully saturated rings. The Morgan fingerprint density at radius 3 is 1.21 bits per heavy atom. The Labute approximate surface area is 537 Å². The largest absolute Gasteiger partial charge is 0.480 e. The number of halogens is 8. The zero-order valence-corrected chi connectivity index (χ0v) is 56.3. The number of carbonyl (C=O) groups is 2. The number of likely N-dealkylation sites (tertiary alicyclic amines) is 2. The van der Waals surface area contributed by atoms with Crippen LogP contribution in [0.25, 0.3) is 0 Å². The van der Waals surface area contributed by atoms with Gasteiger partial charge in [-0.2, -0.15) is 10.2 Å². The van der Waals surface area contributed by atoms with Crippen LogP contribution in [0, 0.1) is 35.3 Å². The highest BCUT2D eigenvalue weighted by Gasteiger charge is 2.50. The van der Waals surface area contributed by atoms with Crippen LogP contribution >= 0.6 is 74.4 Å². The number of hydrogen-bond donors (Lipinski definition) is 4. The Kier molecular flexibility index (Phi) is 28.0. The lowest BCUT2D eigenvalue weighted by Crippen LogP contribution is -2.56. The van der Waals surface area contributed by atoms with Gasteiger partial charge in [0.15, 0.2) is 0 Å². The van der Waals surface area contributed by atoms with Gasteiger partial charge in [-0.15, -0.1) is 74.4 Å². The summed E-state index contributed by atoms with van der Waals surface area (Å²) in [5.74, 6) is -0.950. The van der Waals surface area contributed by atoms with Crippen molar-refractivity contribution in [2.45, 2.75) is 218 Å². The lowest BCUT2D eigenvalue weighted by atomic mass is 9.75. The summed E-state index contributed by atoms with van der Waals surface area (Å²) < 4.78 is 33.1. The highest BCUT2D eigenvalue weighted by molar-refractivity contribution is 5.86. The van der Waals surface area contributed by atoms with Crippen LogP contribution in [0.4, 0.5) is 8.78 Å². The van der Waals surface area contributed by atoms with Crippen LogP contribution in [0.3, 0.4) is 0 Å². The highest BCUT2D eigenvalue weighted by atomic mass is 35.5. The maximum atomic E-state index is 14.3. The second kappa shape index (κ2) is 31.1. The zero-order chi connectivity index (χ0) is 55.9. The fraction of sp³-hybridized carbons (Fsp3) is 0.688. The summed E-state index contributed by atoms with van der Waals surface area (Å²) in [5, 5.41) is 37.0. The molecule has 476 valence electrons. The number of benzene rings is 2. The average Bonchev–Trinajstić information content (AvgIpc) is 4.23. The molecule has 0 radical (unpaired) electrons. The van der Waals surface area contributed by atoms with Gasteiger partial charge in [-0.1, -0.05) is 65.8 Å². The van der Waals surface area contributed by atoms with Crippen LogP contribution in [0.5, 0.6) is 0 Å². The van der Waals surface area contributed by atoms with E-state index < -0.39 is 23.0 Å². The van der Waals surface area contributed by atoms with Crippen molar-refractivity contribution in [1.82, 2.24) is 40.0 Å². The van der Waals surface area contributed by atoms with Gasteiger partial charge in [0.1, 0.15) is 22.7 Å². The van der Waals surface area contributed by atoms with Crippen molar-refractivity contribution < 1.29 is 28.6 Å². The molecule has 0 amide bonds. The van der Waals surface area contributed by atoms with Gasteiger partial charge in [0.05, 0.1) is 11.4 Å². The predicted octanol–water partition coefficient (Wildman–Crippen LogP) is 13.6. The van der Waals surface area contributed by atoms with E-state index in [-0.39, 0.29) is 133 Å². The maximum absolute atomic E-state index is 14.3. The number of carboxylic acid groups (broad SMARTS) is 2. The molecule has 2 saturated carbocycles. The molecule has 2 aromatic heterocycles. The Bertz CT molecular complexity index is 2580. The molecule has 10 rings (SSSR count). The molecule has 2 unspecified atom stereocenters. The third-order valence-corrected chi connectivity index (χ3v) is 21.0. The first-order valence-electron chi connectivity index (χ1n) is 30.4. The summed E-state index contributed by atoms with van der Waals surface area (Å²) in [4.78, 5) is 29.6.